The van der Waals surface area contributed by atoms with Crippen LogP contribution >= 0.6 is 11.8 Å². The van der Waals surface area contributed by atoms with E-state index in [-0.39, 0.29) is 11.9 Å². The maximum absolute atomic E-state index is 13.5. The van der Waals surface area contributed by atoms with Crippen molar-refractivity contribution < 1.29 is 9.53 Å². The first kappa shape index (κ1) is 22.3. The molecule has 5 rings (SSSR count). The van der Waals surface area contributed by atoms with Crippen LogP contribution in [0, 0.1) is 6.92 Å². The molecule has 6 heteroatoms. The number of thioether (sulfide) groups is 1. The van der Waals surface area contributed by atoms with Gasteiger partial charge < -0.3 is 9.30 Å². The molecule has 0 saturated carbocycles. The van der Waals surface area contributed by atoms with Gasteiger partial charge in [-0.2, -0.15) is 5.10 Å². The summed E-state index contributed by atoms with van der Waals surface area (Å²) < 4.78 is 7.39. The molecule has 1 atom stereocenters. The zero-order valence-electron chi connectivity index (χ0n) is 19.6. The number of aromatic nitrogens is 1. The normalized spacial score (nSPS) is 15.6. The molecule has 2 heterocycles. The molecule has 172 valence electrons. The molecule has 0 fully saturated rings. The molecule has 1 amide bonds. The van der Waals surface area contributed by atoms with Crippen molar-refractivity contribution >= 4 is 34.3 Å². The second-order valence-corrected chi connectivity index (χ2v) is 9.57. The molecule has 0 aliphatic carbocycles. The van der Waals surface area contributed by atoms with Crippen molar-refractivity contribution in [2.24, 2.45) is 12.1 Å². The molecular formula is C28H27N3O2S. The number of aryl methyl sites for hydroxylation is 2. The summed E-state index contributed by atoms with van der Waals surface area (Å²) in [5.41, 5.74) is 5.38. The van der Waals surface area contributed by atoms with Crippen molar-refractivity contribution in [1.29, 1.82) is 0 Å². The highest BCUT2D eigenvalue weighted by atomic mass is 32.2. The van der Waals surface area contributed by atoms with Crippen molar-refractivity contribution in [1.82, 2.24) is 9.58 Å². The van der Waals surface area contributed by atoms with Crippen molar-refractivity contribution in [3.8, 4) is 5.75 Å². The number of nitrogens with zero attached hydrogens (tertiary/aromatic N) is 3. The van der Waals surface area contributed by atoms with Gasteiger partial charge in [-0.25, -0.2) is 5.01 Å². The van der Waals surface area contributed by atoms with Gasteiger partial charge in [0.05, 0.1) is 24.6 Å². The number of benzene rings is 3. The summed E-state index contributed by atoms with van der Waals surface area (Å²) in [6.45, 7) is 2.07. The third kappa shape index (κ3) is 4.33. The lowest BCUT2D eigenvalue weighted by atomic mass is 9.97. The van der Waals surface area contributed by atoms with Crippen LogP contribution in [0.3, 0.4) is 0 Å². The summed E-state index contributed by atoms with van der Waals surface area (Å²) >= 11 is 1.57. The van der Waals surface area contributed by atoms with E-state index in [0.717, 1.165) is 33.0 Å². The molecule has 3 aromatic carbocycles. The molecule has 1 aliphatic heterocycles. The van der Waals surface area contributed by atoms with E-state index in [1.165, 1.54) is 10.9 Å². The minimum Gasteiger partial charge on any atom is -0.497 e. The first-order valence-corrected chi connectivity index (χ1v) is 12.3. The molecule has 0 radical (unpaired) electrons. The van der Waals surface area contributed by atoms with Crippen LogP contribution in [0.1, 0.15) is 29.2 Å². The third-order valence-corrected chi connectivity index (χ3v) is 7.29. The largest absolute Gasteiger partial charge is 0.497 e. The van der Waals surface area contributed by atoms with Crippen LogP contribution in [0.2, 0.25) is 0 Å². The molecule has 0 spiro atoms. The van der Waals surface area contributed by atoms with Gasteiger partial charge in [0.25, 0.3) is 5.91 Å². The lowest BCUT2D eigenvalue weighted by Crippen LogP contribution is -2.28. The van der Waals surface area contributed by atoms with E-state index in [0.29, 0.717) is 12.2 Å². The molecule has 0 bridgehead atoms. The van der Waals surface area contributed by atoms with Crippen LogP contribution in [0.25, 0.3) is 10.9 Å². The van der Waals surface area contributed by atoms with Crippen LogP contribution in [0.4, 0.5) is 0 Å². The SMILES string of the molecule is COc1ccc(C2=NN(C(=O)CSc3cn(C)c4ccccc34)[C@H](c3ccc(C)cc3)C2)cc1. The Hall–Kier alpha value is -3.51. The van der Waals surface area contributed by atoms with Crippen LogP contribution in [-0.4, -0.2) is 34.1 Å². The number of carbonyl (C=O) groups is 1. The first-order valence-electron chi connectivity index (χ1n) is 11.3. The highest BCUT2D eigenvalue weighted by Gasteiger charge is 2.33. The predicted octanol–water partition coefficient (Wildman–Crippen LogP) is 5.97. The summed E-state index contributed by atoms with van der Waals surface area (Å²) in [7, 11) is 3.69. The Bertz CT molecular complexity index is 1360. The van der Waals surface area contributed by atoms with Crippen LogP contribution < -0.4 is 4.74 Å². The molecule has 5 nitrogen and oxygen atoms in total. The number of fused-ring (bicyclic) bond motifs is 1. The standard InChI is InChI=1S/C28H27N3O2S/c1-19-8-10-21(11-9-19)26-16-24(20-12-14-22(33-3)15-13-20)29-31(26)28(32)18-34-27-17-30(2)25-7-5-4-6-23(25)27/h4-15,17,26H,16,18H2,1-3H3/t26-/m0/s1. The maximum Gasteiger partial charge on any atom is 0.253 e. The number of carbonyl (C=O) groups excluding carboxylic acids is 1. The van der Waals surface area contributed by atoms with E-state index in [2.05, 4.69) is 54.1 Å². The fraction of sp³-hybridized carbons (Fsp3) is 0.214. The molecule has 1 aromatic heterocycles. The molecule has 1 aliphatic rings. The van der Waals surface area contributed by atoms with Crippen molar-refractivity contribution in [3.63, 3.8) is 0 Å². The second-order valence-electron chi connectivity index (χ2n) is 8.55. The number of hydrogen-bond donors (Lipinski definition) is 0. The van der Waals surface area contributed by atoms with Gasteiger partial charge >= 0.3 is 0 Å². The van der Waals surface area contributed by atoms with Gasteiger partial charge in [-0.05, 0) is 48.4 Å². The Balaban J connectivity index is 1.41. The van der Waals surface area contributed by atoms with Crippen molar-refractivity contribution in [2.45, 2.75) is 24.3 Å². The van der Waals surface area contributed by atoms with E-state index < -0.39 is 0 Å². The Morgan fingerprint density at radius 3 is 2.53 bits per heavy atom. The van der Waals surface area contributed by atoms with Crippen LogP contribution in [0.15, 0.2) is 89.0 Å². The fourth-order valence-electron chi connectivity index (χ4n) is 4.37. The summed E-state index contributed by atoms with van der Waals surface area (Å²) in [6.07, 6.45) is 2.77. The van der Waals surface area contributed by atoms with Crippen LogP contribution in [0.5, 0.6) is 5.75 Å². The van der Waals surface area contributed by atoms with Crippen molar-refractivity contribution in [3.05, 3.63) is 95.7 Å². The van der Waals surface area contributed by atoms with E-state index in [1.807, 2.05) is 43.4 Å². The molecule has 0 saturated heterocycles. The number of methoxy groups -OCH3 is 1. The minimum absolute atomic E-state index is 0.00650. The molecule has 0 N–H and O–H groups in total. The minimum atomic E-state index is -0.113. The van der Waals surface area contributed by atoms with Gasteiger partial charge in [-0.15, -0.1) is 11.8 Å². The maximum atomic E-state index is 13.5. The Morgan fingerprint density at radius 2 is 1.79 bits per heavy atom. The number of rotatable bonds is 6. The summed E-state index contributed by atoms with van der Waals surface area (Å²) in [5.74, 6) is 1.14. The van der Waals surface area contributed by atoms with E-state index in [1.54, 1.807) is 23.9 Å². The Labute approximate surface area is 204 Å². The number of amides is 1. The van der Waals surface area contributed by atoms with Gasteiger partial charge in [-0.3, -0.25) is 4.79 Å². The zero-order chi connectivity index (χ0) is 23.7. The third-order valence-electron chi connectivity index (χ3n) is 6.26. The zero-order valence-corrected chi connectivity index (χ0v) is 20.4. The Kier molecular flexibility index (Phi) is 6.16. The number of hydrazone groups is 1. The van der Waals surface area contributed by atoms with Gasteiger partial charge in [0.15, 0.2) is 0 Å². The second kappa shape index (κ2) is 9.39. The monoisotopic (exact) mass is 469 g/mol. The lowest BCUT2D eigenvalue weighted by molar-refractivity contribution is -0.130. The fourth-order valence-corrected chi connectivity index (χ4v) is 5.34. The number of ether oxygens (including phenoxy) is 1. The van der Waals surface area contributed by atoms with Gasteiger partial charge in [0.1, 0.15) is 5.75 Å². The highest BCUT2D eigenvalue weighted by Crippen LogP contribution is 2.35. The summed E-state index contributed by atoms with van der Waals surface area (Å²) in [5, 5.41) is 7.67. The summed E-state index contributed by atoms with van der Waals surface area (Å²) in [4.78, 5) is 14.6. The topological polar surface area (TPSA) is 46.8 Å². The number of para-hydroxylation sites is 1. The van der Waals surface area contributed by atoms with Gasteiger partial charge in [0.2, 0.25) is 0 Å². The summed E-state index contributed by atoms with van der Waals surface area (Å²) in [6, 6.07) is 24.4. The Morgan fingerprint density at radius 1 is 1.06 bits per heavy atom. The average molecular weight is 470 g/mol. The average Bonchev–Trinajstić information content (AvgIpc) is 3.45. The molecular weight excluding hydrogens is 442 g/mol. The van der Waals surface area contributed by atoms with Gasteiger partial charge in [0, 0.05) is 35.5 Å². The lowest BCUT2D eigenvalue weighted by Gasteiger charge is -2.22. The molecule has 4 aromatic rings. The van der Waals surface area contributed by atoms with Crippen molar-refractivity contribution in [2.75, 3.05) is 12.9 Å². The smallest absolute Gasteiger partial charge is 0.253 e. The van der Waals surface area contributed by atoms with E-state index >= 15 is 0 Å². The first-order chi connectivity index (χ1) is 16.5. The quantitative estimate of drug-likeness (QED) is 0.327. The molecule has 0 unspecified atom stereocenters. The number of hydrogen-bond acceptors (Lipinski definition) is 4. The highest BCUT2D eigenvalue weighted by molar-refractivity contribution is 8.00. The van der Waals surface area contributed by atoms with E-state index in [9.17, 15) is 4.79 Å². The predicted molar refractivity (Wildman–Crippen MR) is 139 cm³/mol. The van der Waals surface area contributed by atoms with Gasteiger partial charge in [-0.1, -0.05) is 48.0 Å². The van der Waals surface area contributed by atoms with E-state index in [4.69, 9.17) is 9.84 Å². The van der Waals surface area contributed by atoms with Crippen LogP contribution in [-0.2, 0) is 11.8 Å². The molecule has 34 heavy (non-hydrogen) atoms.